The third kappa shape index (κ3) is 4.07. The van der Waals surface area contributed by atoms with Gasteiger partial charge in [-0.25, -0.2) is 0 Å². The van der Waals surface area contributed by atoms with Crippen LogP contribution in [0.5, 0.6) is 0 Å². The molecule has 1 N–H and O–H groups in total. The highest BCUT2D eigenvalue weighted by Gasteiger charge is 2.35. The van der Waals surface area contributed by atoms with Crippen LogP contribution in [0.15, 0.2) is 48.5 Å². The van der Waals surface area contributed by atoms with E-state index >= 15 is 0 Å². The second-order valence-corrected chi connectivity index (χ2v) is 7.77. The number of benzene rings is 2. The normalized spacial score (nSPS) is 24.2. The monoisotopic (exact) mass is 388 g/mol. The van der Waals surface area contributed by atoms with E-state index in [4.69, 9.17) is 0 Å². The number of halogens is 3. The summed E-state index contributed by atoms with van der Waals surface area (Å²) in [5.74, 6) is 1.01. The van der Waals surface area contributed by atoms with E-state index in [2.05, 4.69) is 10.2 Å². The Bertz CT molecular complexity index is 840. The van der Waals surface area contributed by atoms with Gasteiger partial charge in [0.15, 0.2) is 0 Å². The summed E-state index contributed by atoms with van der Waals surface area (Å²) in [7, 11) is 0. The molecular weight excluding hydrogens is 365 g/mol. The Kier molecular flexibility index (Phi) is 5.15. The summed E-state index contributed by atoms with van der Waals surface area (Å²) in [4.78, 5) is 14.8. The summed E-state index contributed by atoms with van der Waals surface area (Å²) >= 11 is 0. The smallest absolute Gasteiger partial charge is 0.326 e. The maximum Gasteiger partial charge on any atom is 0.417 e. The number of amides is 1. The predicted molar refractivity (Wildman–Crippen MR) is 103 cm³/mol. The van der Waals surface area contributed by atoms with Gasteiger partial charge in [-0.05, 0) is 67.1 Å². The van der Waals surface area contributed by atoms with Gasteiger partial charge in [-0.1, -0.05) is 30.3 Å². The van der Waals surface area contributed by atoms with Crippen LogP contribution in [-0.2, 0) is 11.0 Å². The van der Waals surface area contributed by atoms with Crippen LogP contribution in [0.25, 0.3) is 11.1 Å². The molecule has 0 aliphatic carbocycles. The van der Waals surface area contributed by atoms with Gasteiger partial charge in [0.25, 0.3) is 0 Å². The van der Waals surface area contributed by atoms with Crippen molar-refractivity contribution >= 4 is 11.6 Å². The number of hydrogen-bond acceptors (Lipinski definition) is 2. The summed E-state index contributed by atoms with van der Waals surface area (Å²) in [6.07, 6.45) is -1.56. The number of anilines is 1. The molecule has 3 saturated heterocycles. The van der Waals surface area contributed by atoms with E-state index in [-0.39, 0.29) is 11.5 Å². The van der Waals surface area contributed by atoms with Gasteiger partial charge in [0.1, 0.15) is 0 Å². The molecule has 0 spiro atoms. The van der Waals surface area contributed by atoms with Crippen LogP contribution in [0.4, 0.5) is 18.9 Å². The summed E-state index contributed by atoms with van der Waals surface area (Å²) < 4.78 is 39.6. The molecule has 2 aromatic carbocycles. The first kappa shape index (κ1) is 19.0. The Morgan fingerprint density at radius 1 is 1.04 bits per heavy atom. The molecule has 2 bridgehead atoms. The third-order valence-corrected chi connectivity index (χ3v) is 5.95. The van der Waals surface area contributed by atoms with E-state index < -0.39 is 11.7 Å². The van der Waals surface area contributed by atoms with Gasteiger partial charge in [0.05, 0.1) is 5.56 Å². The third-order valence-electron chi connectivity index (χ3n) is 5.95. The van der Waals surface area contributed by atoms with Crippen molar-refractivity contribution in [2.75, 3.05) is 25.0 Å². The van der Waals surface area contributed by atoms with Crippen molar-refractivity contribution < 1.29 is 18.0 Å². The highest BCUT2D eigenvalue weighted by molar-refractivity contribution is 5.91. The van der Waals surface area contributed by atoms with Crippen LogP contribution in [0.3, 0.4) is 0 Å². The van der Waals surface area contributed by atoms with Crippen LogP contribution in [0, 0.1) is 11.8 Å². The number of nitrogens with zero attached hydrogens (tertiary/aromatic N) is 1. The number of rotatable bonds is 4. The fourth-order valence-corrected chi connectivity index (χ4v) is 4.48. The largest absolute Gasteiger partial charge is 0.417 e. The summed E-state index contributed by atoms with van der Waals surface area (Å²) in [5.41, 5.74) is 0.567. The predicted octanol–water partition coefficient (Wildman–Crippen LogP) is 5.04. The molecule has 1 amide bonds. The van der Waals surface area contributed by atoms with Crippen molar-refractivity contribution in [2.45, 2.75) is 25.4 Å². The van der Waals surface area contributed by atoms with Gasteiger partial charge in [-0.2, -0.15) is 13.2 Å². The number of nitrogens with one attached hydrogen (secondary N) is 1. The van der Waals surface area contributed by atoms with Gasteiger partial charge < -0.3 is 10.2 Å². The minimum absolute atomic E-state index is 0.0257. The van der Waals surface area contributed by atoms with Crippen LogP contribution < -0.4 is 5.32 Å². The number of carbonyl (C=O) groups is 1. The molecule has 1 atom stereocenters. The highest BCUT2D eigenvalue weighted by Crippen LogP contribution is 2.37. The summed E-state index contributed by atoms with van der Waals surface area (Å²) in [5, 5.41) is 2.89. The molecule has 0 radical (unpaired) electrons. The lowest BCUT2D eigenvalue weighted by Crippen LogP contribution is -2.48. The molecule has 3 aliphatic heterocycles. The van der Waals surface area contributed by atoms with Crippen molar-refractivity contribution in [3.63, 3.8) is 0 Å². The van der Waals surface area contributed by atoms with Crippen molar-refractivity contribution in [1.82, 2.24) is 4.90 Å². The fourth-order valence-electron chi connectivity index (χ4n) is 4.48. The van der Waals surface area contributed by atoms with Crippen LogP contribution in [0.2, 0.25) is 0 Å². The average molecular weight is 388 g/mol. The number of fused-ring (bicyclic) bond motifs is 3. The molecule has 0 saturated carbocycles. The zero-order valence-electron chi connectivity index (χ0n) is 15.5. The van der Waals surface area contributed by atoms with E-state index in [1.807, 2.05) is 0 Å². The molecule has 148 valence electrons. The minimum Gasteiger partial charge on any atom is -0.326 e. The van der Waals surface area contributed by atoms with Gasteiger partial charge >= 0.3 is 6.18 Å². The lowest BCUT2D eigenvalue weighted by Gasteiger charge is -2.44. The standard InChI is InChI=1S/C22H23F3N2O/c23-22(24,25)20-4-2-1-3-19(20)16-5-7-18(8-6-16)26-21(28)13-17-14-27-11-9-15(17)10-12-27/h1-8,15,17H,9-14H2,(H,26,28). The van der Waals surface area contributed by atoms with Gasteiger partial charge in [-0.15, -0.1) is 0 Å². The van der Waals surface area contributed by atoms with Crippen molar-refractivity contribution in [1.29, 1.82) is 0 Å². The highest BCUT2D eigenvalue weighted by atomic mass is 19.4. The Balaban J connectivity index is 1.42. The lowest BCUT2D eigenvalue weighted by molar-refractivity contribution is -0.137. The molecule has 6 heteroatoms. The first-order chi connectivity index (χ1) is 13.4. The Labute approximate surface area is 162 Å². The van der Waals surface area contributed by atoms with Crippen LogP contribution in [0.1, 0.15) is 24.8 Å². The molecule has 3 aliphatic rings. The van der Waals surface area contributed by atoms with E-state index in [1.165, 1.54) is 25.0 Å². The van der Waals surface area contributed by atoms with Gasteiger partial charge in [0, 0.05) is 18.7 Å². The van der Waals surface area contributed by atoms with E-state index in [0.717, 1.165) is 25.7 Å². The van der Waals surface area contributed by atoms with E-state index in [1.54, 1.807) is 30.3 Å². The van der Waals surface area contributed by atoms with E-state index in [9.17, 15) is 18.0 Å². The summed E-state index contributed by atoms with van der Waals surface area (Å²) in [6, 6.07) is 12.1. The Morgan fingerprint density at radius 2 is 1.71 bits per heavy atom. The van der Waals surface area contributed by atoms with E-state index in [0.29, 0.717) is 29.5 Å². The van der Waals surface area contributed by atoms with Crippen molar-refractivity contribution in [3.05, 3.63) is 54.1 Å². The molecule has 3 heterocycles. The minimum atomic E-state index is -4.40. The summed E-state index contributed by atoms with van der Waals surface area (Å²) in [6.45, 7) is 3.28. The molecule has 1 unspecified atom stereocenters. The molecular formula is C22H23F3N2O. The maximum atomic E-state index is 13.2. The lowest BCUT2D eigenvalue weighted by atomic mass is 9.77. The number of alkyl halides is 3. The van der Waals surface area contributed by atoms with Crippen LogP contribution in [-0.4, -0.2) is 30.4 Å². The van der Waals surface area contributed by atoms with Crippen molar-refractivity contribution in [3.8, 4) is 11.1 Å². The zero-order valence-corrected chi connectivity index (χ0v) is 15.5. The topological polar surface area (TPSA) is 32.3 Å². The molecule has 3 fully saturated rings. The van der Waals surface area contributed by atoms with Gasteiger partial charge in [-0.3, -0.25) is 4.79 Å². The average Bonchev–Trinajstić information content (AvgIpc) is 2.69. The second-order valence-electron chi connectivity index (χ2n) is 7.77. The Morgan fingerprint density at radius 3 is 2.32 bits per heavy atom. The molecule has 5 rings (SSSR count). The second kappa shape index (κ2) is 7.59. The van der Waals surface area contributed by atoms with Crippen molar-refractivity contribution in [2.24, 2.45) is 11.8 Å². The first-order valence-corrected chi connectivity index (χ1v) is 9.69. The van der Waals surface area contributed by atoms with Crippen LogP contribution >= 0.6 is 0 Å². The molecule has 28 heavy (non-hydrogen) atoms. The molecule has 3 nitrogen and oxygen atoms in total. The Hall–Kier alpha value is -2.34. The zero-order chi connectivity index (χ0) is 19.7. The number of piperidine rings is 3. The number of hydrogen-bond donors (Lipinski definition) is 1. The SMILES string of the molecule is O=C(CC1CN2CCC1CC2)Nc1ccc(-c2ccccc2C(F)(F)F)cc1. The number of carbonyl (C=O) groups excluding carboxylic acids is 1. The maximum absolute atomic E-state index is 13.2. The van der Waals surface area contributed by atoms with Gasteiger partial charge in [0.2, 0.25) is 5.91 Å². The first-order valence-electron chi connectivity index (χ1n) is 9.69. The fraction of sp³-hybridized carbons (Fsp3) is 0.409. The quantitative estimate of drug-likeness (QED) is 0.796. The molecule has 0 aromatic heterocycles. The molecule has 2 aromatic rings.